The van der Waals surface area contributed by atoms with E-state index in [0.29, 0.717) is 6.42 Å². The van der Waals surface area contributed by atoms with Gasteiger partial charge >= 0.3 is 0 Å². The van der Waals surface area contributed by atoms with Crippen LogP contribution < -0.4 is 10.2 Å². The molecule has 0 heterocycles. The third-order valence-corrected chi connectivity index (χ3v) is 4.00. The molecule has 0 spiro atoms. The van der Waals surface area contributed by atoms with Gasteiger partial charge in [0.2, 0.25) is 5.91 Å². The van der Waals surface area contributed by atoms with E-state index in [1.54, 1.807) is 13.3 Å². The number of methoxy groups -OCH3 is 1. The van der Waals surface area contributed by atoms with E-state index in [-0.39, 0.29) is 5.91 Å². The molecule has 1 aromatic rings. The second kappa shape index (κ2) is 13.6. The third-order valence-electron chi connectivity index (χ3n) is 4.00. The van der Waals surface area contributed by atoms with Gasteiger partial charge in [-0.15, -0.1) is 0 Å². The molecule has 0 saturated carbocycles. The lowest BCUT2D eigenvalue weighted by Crippen LogP contribution is -2.16. The predicted molar refractivity (Wildman–Crippen MR) is 101 cm³/mol. The highest BCUT2D eigenvalue weighted by atomic mass is 16.5. The Morgan fingerprint density at radius 1 is 1.08 bits per heavy atom. The van der Waals surface area contributed by atoms with Gasteiger partial charge in [-0.1, -0.05) is 70.4 Å². The highest BCUT2D eigenvalue weighted by Crippen LogP contribution is 2.11. The molecule has 1 aromatic carbocycles. The van der Waals surface area contributed by atoms with Gasteiger partial charge in [-0.2, -0.15) is 5.10 Å². The van der Waals surface area contributed by atoms with Gasteiger partial charge in [0.25, 0.3) is 0 Å². The summed E-state index contributed by atoms with van der Waals surface area (Å²) in [6.07, 6.45) is 13.5. The lowest BCUT2D eigenvalue weighted by Gasteiger charge is -2.02. The molecule has 24 heavy (non-hydrogen) atoms. The first-order valence-corrected chi connectivity index (χ1v) is 9.22. The van der Waals surface area contributed by atoms with E-state index in [1.807, 2.05) is 24.3 Å². The number of unbranched alkanes of at least 4 members (excludes halogenated alkanes) is 8. The molecule has 0 aliphatic heterocycles. The zero-order valence-corrected chi connectivity index (χ0v) is 15.2. The van der Waals surface area contributed by atoms with Crippen molar-refractivity contribution in [3.8, 4) is 5.75 Å². The summed E-state index contributed by atoms with van der Waals surface area (Å²) in [5.74, 6) is 0.761. The summed E-state index contributed by atoms with van der Waals surface area (Å²) in [4.78, 5) is 11.7. The van der Waals surface area contributed by atoms with Crippen molar-refractivity contribution in [2.75, 3.05) is 7.11 Å². The Morgan fingerprint density at radius 3 is 2.42 bits per heavy atom. The van der Waals surface area contributed by atoms with Gasteiger partial charge in [0.05, 0.1) is 13.3 Å². The molecule has 0 fully saturated rings. The molecule has 4 nitrogen and oxygen atoms in total. The maximum absolute atomic E-state index is 11.7. The fourth-order valence-electron chi connectivity index (χ4n) is 2.55. The molecule has 1 rings (SSSR count). The van der Waals surface area contributed by atoms with Crippen molar-refractivity contribution in [1.29, 1.82) is 0 Å². The number of hydrogen-bond donors (Lipinski definition) is 1. The van der Waals surface area contributed by atoms with Crippen LogP contribution in [0.1, 0.15) is 76.7 Å². The maximum Gasteiger partial charge on any atom is 0.240 e. The minimum atomic E-state index is -0.0166. The lowest BCUT2D eigenvalue weighted by atomic mass is 10.1. The Morgan fingerprint density at radius 2 is 1.75 bits per heavy atom. The van der Waals surface area contributed by atoms with Gasteiger partial charge in [0, 0.05) is 6.42 Å². The number of nitrogens with zero attached hydrogens (tertiary/aromatic N) is 1. The first-order valence-electron chi connectivity index (χ1n) is 9.22. The summed E-state index contributed by atoms with van der Waals surface area (Å²) < 4.78 is 5.15. The monoisotopic (exact) mass is 332 g/mol. The van der Waals surface area contributed by atoms with Crippen molar-refractivity contribution in [2.24, 2.45) is 5.10 Å². The largest absolute Gasteiger partial charge is 0.497 e. The summed E-state index contributed by atoms with van der Waals surface area (Å²) in [5, 5.41) is 3.99. The van der Waals surface area contributed by atoms with Crippen molar-refractivity contribution in [3.05, 3.63) is 29.8 Å². The zero-order valence-electron chi connectivity index (χ0n) is 15.2. The summed E-state index contributed by atoms with van der Waals surface area (Å²) in [6.45, 7) is 2.24. The number of hydrazone groups is 1. The average molecular weight is 332 g/mol. The van der Waals surface area contributed by atoms with Crippen LogP contribution in [0.15, 0.2) is 29.4 Å². The van der Waals surface area contributed by atoms with Crippen LogP contribution in [0.5, 0.6) is 5.75 Å². The molecule has 0 aliphatic rings. The van der Waals surface area contributed by atoms with Crippen LogP contribution in [0.4, 0.5) is 0 Å². The molecule has 4 heteroatoms. The molecule has 0 bridgehead atoms. The number of amides is 1. The van der Waals surface area contributed by atoms with Crippen LogP contribution in [0.2, 0.25) is 0 Å². The standard InChI is InChI=1S/C20H32N2O2/c1-3-4-5-6-7-8-9-10-11-15-20(23)22-21-17-18-13-12-14-19(16-18)24-2/h12-14,16-17H,3-11,15H2,1-2H3,(H,22,23)/b21-17+. The van der Waals surface area contributed by atoms with Crippen LogP contribution in [-0.4, -0.2) is 19.2 Å². The summed E-state index contributed by atoms with van der Waals surface area (Å²) in [7, 11) is 1.63. The van der Waals surface area contributed by atoms with Crippen molar-refractivity contribution in [1.82, 2.24) is 5.43 Å². The highest BCUT2D eigenvalue weighted by molar-refractivity contribution is 5.82. The van der Waals surface area contributed by atoms with Gasteiger partial charge < -0.3 is 4.74 Å². The Hall–Kier alpha value is -1.84. The van der Waals surface area contributed by atoms with Crippen molar-refractivity contribution < 1.29 is 9.53 Å². The number of hydrogen-bond acceptors (Lipinski definition) is 3. The lowest BCUT2D eigenvalue weighted by molar-refractivity contribution is -0.121. The van der Waals surface area contributed by atoms with Crippen LogP contribution in [0.3, 0.4) is 0 Å². The van der Waals surface area contributed by atoms with Gasteiger partial charge in [-0.25, -0.2) is 5.43 Å². The third kappa shape index (κ3) is 10.0. The molecule has 0 saturated heterocycles. The van der Waals surface area contributed by atoms with Gasteiger partial charge in [0.15, 0.2) is 0 Å². The zero-order chi connectivity index (χ0) is 17.5. The normalized spacial score (nSPS) is 10.9. The van der Waals surface area contributed by atoms with Gasteiger partial charge in [0.1, 0.15) is 5.75 Å². The second-order valence-corrected chi connectivity index (χ2v) is 6.15. The molecule has 0 aromatic heterocycles. The fraction of sp³-hybridized carbons (Fsp3) is 0.600. The Labute approximate surface area is 146 Å². The van der Waals surface area contributed by atoms with E-state index in [9.17, 15) is 4.79 Å². The number of rotatable bonds is 13. The average Bonchev–Trinajstić information content (AvgIpc) is 2.60. The molecular formula is C20H32N2O2. The topological polar surface area (TPSA) is 50.7 Å². The van der Waals surface area contributed by atoms with Gasteiger partial charge in [-0.05, 0) is 24.1 Å². The van der Waals surface area contributed by atoms with E-state index in [0.717, 1.165) is 24.2 Å². The van der Waals surface area contributed by atoms with Gasteiger partial charge in [-0.3, -0.25) is 4.79 Å². The summed E-state index contributed by atoms with van der Waals surface area (Å²) in [5.41, 5.74) is 3.48. The minimum absolute atomic E-state index is 0.0166. The molecule has 0 atom stereocenters. The van der Waals surface area contributed by atoms with E-state index in [2.05, 4.69) is 17.5 Å². The summed E-state index contributed by atoms with van der Waals surface area (Å²) >= 11 is 0. The molecule has 1 N–H and O–H groups in total. The number of ether oxygens (including phenoxy) is 1. The van der Waals surface area contributed by atoms with Crippen molar-refractivity contribution in [2.45, 2.75) is 71.1 Å². The SMILES string of the molecule is CCCCCCCCCCCC(=O)N/N=C/c1cccc(OC)c1. The number of carbonyl (C=O) groups is 1. The Kier molecular flexibility index (Phi) is 11.4. The van der Waals surface area contributed by atoms with Crippen molar-refractivity contribution >= 4 is 12.1 Å². The maximum atomic E-state index is 11.7. The molecule has 0 radical (unpaired) electrons. The molecule has 134 valence electrons. The summed E-state index contributed by atoms with van der Waals surface area (Å²) in [6, 6.07) is 7.55. The second-order valence-electron chi connectivity index (χ2n) is 6.15. The van der Waals surface area contributed by atoms with E-state index in [4.69, 9.17) is 4.74 Å². The predicted octanol–water partition coefficient (Wildman–Crippen LogP) is 5.07. The van der Waals surface area contributed by atoms with Crippen molar-refractivity contribution in [3.63, 3.8) is 0 Å². The van der Waals surface area contributed by atoms with Crippen LogP contribution >= 0.6 is 0 Å². The molecule has 0 aliphatic carbocycles. The Balaban J connectivity index is 2.04. The Bertz CT molecular complexity index is 486. The first-order chi connectivity index (χ1) is 11.8. The number of carbonyl (C=O) groups excluding carboxylic acids is 1. The van der Waals surface area contributed by atoms with E-state index < -0.39 is 0 Å². The molecule has 1 amide bonds. The van der Waals surface area contributed by atoms with E-state index >= 15 is 0 Å². The highest BCUT2D eigenvalue weighted by Gasteiger charge is 1.99. The first kappa shape index (κ1) is 20.2. The number of benzene rings is 1. The smallest absolute Gasteiger partial charge is 0.240 e. The fourth-order valence-corrected chi connectivity index (χ4v) is 2.55. The molecule has 0 unspecified atom stereocenters. The van der Waals surface area contributed by atoms with Crippen LogP contribution in [0, 0.1) is 0 Å². The quantitative estimate of drug-likeness (QED) is 0.311. The van der Waals surface area contributed by atoms with E-state index in [1.165, 1.54) is 44.9 Å². The molecular weight excluding hydrogens is 300 g/mol. The number of nitrogens with one attached hydrogen (secondary N) is 1. The van der Waals surface area contributed by atoms with Crippen LogP contribution in [0.25, 0.3) is 0 Å². The minimum Gasteiger partial charge on any atom is -0.497 e. The van der Waals surface area contributed by atoms with Crippen LogP contribution in [-0.2, 0) is 4.79 Å².